The number of carbonyl (C=O) groups excluding carboxylic acids is 2. The summed E-state index contributed by atoms with van der Waals surface area (Å²) in [6.45, 7) is 0.291. The Morgan fingerprint density at radius 1 is 0.889 bits per heavy atom. The van der Waals surface area contributed by atoms with Crippen LogP contribution in [0, 0.1) is 17.0 Å². The summed E-state index contributed by atoms with van der Waals surface area (Å²) in [5, 5.41) is 14.5. The zero-order valence-corrected chi connectivity index (χ0v) is 26.7. The van der Waals surface area contributed by atoms with Gasteiger partial charge in [-0.15, -0.1) is 0 Å². The van der Waals surface area contributed by atoms with Gasteiger partial charge >= 0.3 is 35.5 Å². The standard InChI is InChI=1S/C32H29F2N3O7.Na.H/c1-42-27-17-22-24(18-28(27)43-15-3-2-4-29(38)39)35-14-11-25(22)44-26-10-9-21(16-23(26)34)37-31(41)32(12-13-32)30(40)36-20-7-5-19(33)6-8-20;;/h5-11,14,16-18H,2-4,12-13,15H2,1H3,(H,36,40)(H,37,41)(H,38,39);;/q;+1;-1. The van der Waals surface area contributed by atoms with Gasteiger partial charge in [-0.3, -0.25) is 19.4 Å². The van der Waals surface area contributed by atoms with E-state index in [1.165, 1.54) is 49.7 Å². The molecule has 4 aromatic rings. The summed E-state index contributed by atoms with van der Waals surface area (Å²) in [5.74, 6) is -2.15. The molecule has 0 spiro atoms. The number of pyridine rings is 1. The third-order valence-corrected chi connectivity index (χ3v) is 7.16. The summed E-state index contributed by atoms with van der Waals surface area (Å²) in [5.41, 5.74) is -0.286. The Morgan fingerprint density at radius 3 is 2.22 bits per heavy atom. The molecule has 1 fully saturated rings. The van der Waals surface area contributed by atoms with Crippen LogP contribution in [-0.2, 0) is 14.4 Å². The number of carbonyl (C=O) groups is 3. The number of unbranched alkanes of at least 4 members (excludes halogenated alkanes) is 1. The van der Waals surface area contributed by atoms with Crippen LogP contribution in [0.3, 0.4) is 0 Å². The number of nitrogens with zero attached hydrogens (tertiary/aromatic N) is 1. The van der Waals surface area contributed by atoms with Crippen molar-refractivity contribution in [2.45, 2.75) is 32.1 Å². The van der Waals surface area contributed by atoms with E-state index in [0.29, 0.717) is 66.1 Å². The molecule has 1 aromatic heterocycles. The smallest absolute Gasteiger partial charge is 1.00 e. The Balaban J connectivity index is 0.00000288. The van der Waals surface area contributed by atoms with Crippen molar-refractivity contribution in [3.63, 3.8) is 0 Å². The van der Waals surface area contributed by atoms with Crippen LogP contribution in [0.25, 0.3) is 10.9 Å². The maximum absolute atomic E-state index is 15.2. The van der Waals surface area contributed by atoms with Crippen molar-refractivity contribution in [1.29, 1.82) is 0 Å². The summed E-state index contributed by atoms with van der Waals surface area (Å²) < 4.78 is 45.4. The third kappa shape index (κ3) is 8.07. The van der Waals surface area contributed by atoms with Crippen LogP contribution in [-0.4, -0.2) is 41.6 Å². The normalized spacial score (nSPS) is 12.9. The Morgan fingerprint density at radius 2 is 1.58 bits per heavy atom. The number of methoxy groups -OCH3 is 1. The number of aliphatic carboxylic acids is 1. The Hall–Kier alpha value is -4.26. The average molecular weight is 630 g/mol. The molecule has 0 saturated heterocycles. The summed E-state index contributed by atoms with van der Waals surface area (Å²) in [6.07, 6.45) is 3.23. The van der Waals surface area contributed by atoms with Gasteiger partial charge in [0.15, 0.2) is 23.1 Å². The molecule has 3 N–H and O–H groups in total. The van der Waals surface area contributed by atoms with E-state index in [1.807, 2.05) is 0 Å². The number of carboxylic acid groups (broad SMARTS) is 1. The molecule has 45 heavy (non-hydrogen) atoms. The number of halogens is 2. The number of carboxylic acids is 1. The molecule has 10 nitrogen and oxygen atoms in total. The van der Waals surface area contributed by atoms with E-state index in [-0.39, 0.29) is 48.8 Å². The van der Waals surface area contributed by atoms with Gasteiger partial charge < -0.3 is 31.4 Å². The Kier molecular flexibility index (Phi) is 11.0. The number of hydrogen-bond acceptors (Lipinski definition) is 7. The predicted molar refractivity (Wildman–Crippen MR) is 158 cm³/mol. The van der Waals surface area contributed by atoms with E-state index in [2.05, 4.69) is 15.6 Å². The van der Waals surface area contributed by atoms with Crippen LogP contribution in [0.15, 0.2) is 66.9 Å². The van der Waals surface area contributed by atoms with Gasteiger partial charge in [0.2, 0.25) is 11.8 Å². The minimum Gasteiger partial charge on any atom is -1.00 e. The molecule has 0 bridgehead atoms. The van der Waals surface area contributed by atoms with E-state index < -0.39 is 34.8 Å². The molecule has 0 radical (unpaired) electrons. The molecule has 1 heterocycles. The van der Waals surface area contributed by atoms with Crippen molar-refractivity contribution in [3.8, 4) is 23.0 Å². The van der Waals surface area contributed by atoms with Crippen molar-refractivity contribution in [2.24, 2.45) is 5.41 Å². The molecule has 1 aliphatic rings. The molecular weight excluding hydrogens is 599 g/mol. The largest absolute Gasteiger partial charge is 1.00 e. The molecule has 1 aliphatic carbocycles. The summed E-state index contributed by atoms with van der Waals surface area (Å²) in [4.78, 5) is 40.8. The SMILES string of the molecule is COc1cc2c(Oc3ccc(NC(=O)C4(C(=O)Nc5ccc(F)cc5)CC4)cc3F)ccnc2cc1OCCCCC(=O)O.[H-].[Na+]. The number of nitrogens with one attached hydrogen (secondary N) is 2. The van der Waals surface area contributed by atoms with Crippen molar-refractivity contribution in [3.05, 3.63) is 78.5 Å². The van der Waals surface area contributed by atoms with E-state index >= 15 is 4.39 Å². The fraction of sp³-hybridized carbons (Fsp3) is 0.250. The number of aromatic nitrogens is 1. The van der Waals surface area contributed by atoms with Crippen LogP contribution in [0.1, 0.15) is 33.5 Å². The summed E-state index contributed by atoms with van der Waals surface area (Å²) in [7, 11) is 1.47. The summed E-state index contributed by atoms with van der Waals surface area (Å²) >= 11 is 0. The van der Waals surface area contributed by atoms with Crippen molar-refractivity contribution < 1.29 is 73.5 Å². The zero-order chi connectivity index (χ0) is 31.3. The molecule has 1 saturated carbocycles. The van der Waals surface area contributed by atoms with Gasteiger partial charge in [0, 0.05) is 41.5 Å². The maximum atomic E-state index is 15.2. The summed E-state index contributed by atoms with van der Waals surface area (Å²) in [6, 6.07) is 14.0. The second-order valence-electron chi connectivity index (χ2n) is 10.3. The first-order valence-corrected chi connectivity index (χ1v) is 13.9. The molecule has 2 amide bonds. The minimum atomic E-state index is -1.30. The van der Waals surface area contributed by atoms with Gasteiger partial charge in [0.1, 0.15) is 17.0 Å². The van der Waals surface area contributed by atoms with Gasteiger partial charge in [-0.05, 0) is 74.2 Å². The molecule has 0 atom stereocenters. The number of fused-ring (bicyclic) bond motifs is 1. The fourth-order valence-electron chi connectivity index (χ4n) is 4.55. The number of rotatable bonds is 13. The fourth-order valence-corrected chi connectivity index (χ4v) is 4.55. The first-order valence-electron chi connectivity index (χ1n) is 13.9. The molecule has 5 rings (SSSR count). The van der Waals surface area contributed by atoms with Crippen LogP contribution in [0.5, 0.6) is 23.0 Å². The van der Waals surface area contributed by atoms with Crippen LogP contribution < -0.4 is 54.4 Å². The number of amides is 2. The monoisotopic (exact) mass is 629 g/mol. The zero-order valence-electron chi connectivity index (χ0n) is 25.7. The van der Waals surface area contributed by atoms with Crippen molar-refractivity contribution in [2.75, 3.05) is 24.4 Å². The number of anilines is 2. The Labute approximate surface area is 280 Å². The van der Waals surface area contributed by atoms with Gasteiger partial charge in [0.25, 0.3) is 0 Å². The molecule has 230 valence electrons. The first-order chi connectivity index (χ1) is 21.2. The molecule has 3 aromatic carbocycles. The van der Waals surface area contributed by atoms with Crippen LogP contribution >= 0.6 is 0 Å². The molecular formula is C32H30F2N3NaO7. The number of benzene rings is 3. The molecule has 0 unspecified atom stereocenters. The van der Waals surface area contributed by atoms with Crippen LogP contribution in [0.2, 0.25) is 0 Å². The number of hydrogen-bond donors (Lipinski definition) is 3. The first kappa shape index (κ1) is 33.6. The van der Waals surface area contributed by atoms with E-state index in [1.54, 1.807) is 18.2 Å². The topological polar surface area (TPSA) is 136 Å². The maximum Gasteiger partial charge on any atom is 1.00 e. The van der Waals surface area contributed by atoms with E-state index in [4.69, 9.17) is 19.3 Å². The van der Waals surface area contributed by atoms with Gasteiger partial charge in [-0.1, -0.05) is 0 Å². The van der Waals surface area contributed by atoms with Crippen molar-refractivity contribution in [1.82, 2.24) is 4.98 Å². The van der Waals surface area contributed by atoms with Gasteiger partial charge in [-0.25, -0.2) is 8.78 Å². The van der Waals surface area contributed by atoms with E-state index in [0.717, 1.165) is 6.07 Å². The van der Waals surface area contributed by atoms with Gasteiger partial charge in [0.05, 0.1) is 19.2 Å². The molecule has 0 aliphatic heterocycles. The second kappa shape index (κ2) is 14.7. The van der Waals surface area contributed by atoms with E-state index in [9.17, 15) is 18.8 Å². The van der Waals surface area contributed by atoms with Crippen LogP contribution in [0.4, 0.5) is 20.2 Å². The molecule has 13 heteroatoms. The van der Waals surface area contributed by atoms with Gasteiger partial charge in [-0.2, -0.15) is 0 Å². The number of ether oxygens (including phenoxy) is 3. The predicted octanol–water partition coefficient (Wildman–Crippen LogP) is 3.42. The second-order valence-corrected chi connectivity index (χ2v) is 10.3. The minimum absolute atomic E-state index is 0. The average Bonchev–Trinajstić information content (AvgIpc) is 3.82. The third-order valence-electron chi connectivity index (χ3n) is 7.16. The Bertz CT molecular complexity index is 1720. The van der Waals surface area contributed by atoms with Crippen molar-refractivity contribution >= 4 is 40.1 Å². The quantitative estimate of drug-likeness (QED) is 0.116.